The van der Waals surface area contributed by atoms with Gasteiger partial charge in [-0.05, 0) is 0 Å². The minimum Gasteiger partial charge on any atom is -0.308 e. The van der Waals surface area contributed by atoms with Crippen LogP contribution in [0.25, 0.3) is 0 Å². The van der Waals surface area contributed by atoms with Gasteiger partial charge in [-0.25, -0.2) is 0 Å². The third kappa shape index (κ3) is 1.16. The summed E-state index contributed by atoms with van der Waals surface area (Å²) in [6, 6.07) is 0. The van der Waals surface area contributed by atoms with E-state index >= 15 is 0 Å². The summed E-state index contributed by atoms with van der Waals surface area (Å²) < 4.78 is 1.40. The monoisotopic (exact) mass is 157 g/mol. The maximum atomic E-state index is 10.8. The Kier molecular flexibility index (Phi) is 1.72. The normalized spacial score (nSPS) is 9.80. The molecule has 0 aliphatic heterocycles. The summed E-state index contributed by atoms with van der Waals surface area (Å²) in [5.41, 5.74) is 0. The lowest BCUT2D eigenvalue weighted by Crippen LogP contribution is -2.04. The summed E-state index contributed by atoms with van der Waals surface area (Å²) in [5.74, 6) is -0.0531. The summed E-state index contributed by atoms with van der Waals surface area (Å²) in [7, 11) is 1.63. The average molecular weight is 157 g/mol. The number of thiazole rings is 1. The van der Waals surface area contributed by atoms with Gasteiger partial charge in [0.25, 0.3) is 0 Å². The van der Waals surface area contributed by atoms with Gasteiger partial charge in [0, 0.05) is 20.2 Å². The molecule has 0 atom stereocenters. The van der Waals surface area contributed by atoms with Crippen molar-refractivity contribution in [2.45, 2.75) is 6.92 Å². The Morgan fingerprint density at radius 1 is 1.70 bits per heavy atom. The topological polar surface area (TPSA) is 39.1 Å². The van der Waals surface area contributed by atoms with Gasteiger partial charge >= 0.3 is 4.87 Å². The molecule has 10 heavy (non-hydrogen) atoms. The molecule has 0 unspecified atom stereocenters. The van der Waals surface area contributed by atoms with Crippen LogP contribution >= 0.6 is 11.3 Å². The fourth-order valence-corrected chi connectivity index (χ4v) is 1.32. The molecular weight excluding hydrogens is 150 g/mol. The first-order valence-corrected chi connectivity index (χ1v) is 3.60. The van der Waals surface area contributed by atoms with E-state index in [2.05, 4.69) is 0 Å². The number of ketones is 1. The number of rotatable bonds is 1. The van der Waals surface area contributed by atoms with E-state index in [1.54, 1.807) is 13.2 Å². The molecule has 1 aromatic heterocycles. The minimum atomic E-state index is -0.0924. The van der Waals surface area contributed by atoms with E-state index in [4.69, 9.17) is 0 Å². The Morgan fingerprint density at radius 3 is 2.50 bits per heavy atom. The van der Waals surface area contributed by atoms with Crippen LogP contribution in [0.2, 0.25) is 0 Å². The van der Waals surface area contributed by atoms with E-state index in [0.717, 1.165) is 11.3 Å². The molecule has 0 bridgehead atoms. The molecule has 0 amide bonds. The van der Waals surface area contributed by atoms with E-state index in [1.807, 2.05) is 0 Å². The first kappa shape index (κ1) is 7.21. The second kappa shape index (κ2) is 2.38. The van der Waals surface area contributed by atoms with Crippen molar-refractivity contribution in [3.63, 3.8) is 0 Å². The lowest BCUT2D eigenvalue weighted by Gasteiger charge is -1.81. The third-order valence-electron chi connectivity index (χ3n) is 1.14. The standard InChI is InChI=1S/C6H7NO2S/c1-4(8)5-3-7(2)6(9)10-5/h3H,1-2H3. The first-order valence-electron chi connectivity index (χ1n) is 2.78. The van der Waals surface area contributed by atoms with Crippen LogP contribution in [0.15, 0.2) is 11.0 Å². The zero-order chi connectivity index (χ0) is 7.72. The van der Waals surface area contributed by atoms with Crippen LogP contribution in [0, 0.1) is 0 Å². The molecule has 0 saturated carbocycles. The van der Waals surface area contributed by atoms with Gasteiger partial charge in [-0.2, -0.15) is 0 Å². The number of nitrogens with zero attached hydrogens (tertiary/aromatic N) is 1. The molecule has 0 N–H and O–H groups in total. The van der Waals surface area contributed by atoms with Gasteiger partial charge in [-0.3, -0.25) is 9.59 Å². The van der Waals surface area contributed by atoms with Gasteiger partial charge in [0.05, 0.1) is 4.88 Å². The van der Waals surface area contributed by atoms with Crippen LogP contribution in [0.3, 0.4) is 0 Å². The fourth-order valence-electron chi connectivity index (χ4n) is 0.584. The zero-order valence-corrected chi connectivity index (χ0v) is 6.57. The van der Waals surface area contributed by atoms with E-state index in [1.165, 1.54) is 11.5 Å². The number of hydrogen-bond donors (Lipinski definition) is 0. The molecule has 4 heteroatoms. The van der Waals surface area contributed by atoms with Gasteiger partial charge in [0.1, 0.15) is 0 Å². The van der Waals surface area contributed by atoms with Crippen molar-refractivity contribution in [3.05, 3.63) is 20.7 Å². The average Bonchev–Trinajstić information content (AvgIpc) is 2.13. The van der Waals surface area contributed by atoms with Crippen LogP contribution in [0.5, 0.6) is 0 Å². The highest BCUT2D eigenvalue weighted by Gasteiger charge is 2.03. The van der Waals surface area contributed by atoms with E-state index < -0.39 is 0 Å². The van der Waals surface area contributed by atoms with Gasteiger partial charge in [0.15, 0.2) is 5.78 Å². The van der Waals surface area contributed by atoms with Crippen LogP contribution in [0.4, 0.5) is 0 Å². The number of hydrogen-bond acceptors (Lipinski definition) is 3. The highest BCUT2D eigenvalue weighted by atomic mass is 32.1. The molecule has 54 valence electrons. The summed E-state index contributed by atoms with van der Waals surface area (Å²) in [6.07, 6.45) is 1.55. The maximum Gasteiger partial charge on any atom is 0.307 e. The summed E-state index contributed by atoms with van der Waals surface area (Å²) in [5, 5.41) is 0. The van der Waals surface area contributed by atoms with Gasteiger partial charge in [-0.1, -0.05) is 11.3 Å². The lowest BCUT2D eigenvalue weighted by molar-refractivity contribution is 0.102. The predicted molar refractivity (Wildman–Crippen MR) is 39.6 cm³/mol. The lowest BCUT2D eigenvalue weighted by atomic mass is 10.4. The summed E-state index contributed by atoms with van der Waals surface area (Å²) in [4.78, 5) is 21.9. The molecule has 1 rings (SSSR count). The van der Waals surface area contributed by atoms with Crippen molar-refractivity contribution in [2.24, 2.45) is 7.05 Å². The molecule has 0 aliphatic rings. The smallest absolute Gasteiger partial charge is 0.307 e. The molecule has 0 aromatic carbocycles. The Bertz CT molecular complexity index is 310. The van der Waals surface area contributed by atoms with Crippen molar-refractivity contribution in [3.8, 4) is 0 Å². The van der Waals surface area contributed by atoms with Crippen molar-refractivity contribution in [2.75, 3.05) is 0 Å². The highest BCUT2D eigenvalue weighted by molar-refractivity contribution is 7.11. The van der Waals surface area contributed by atoms with Gasteiger partial charge in [0.2, 0.25) is 0 Å². The molecule has 0 saturated heterocycles. The molecule has 1 aromatic rings. The van der Waals surface area contributed by atoms with E-state index in [-0.39, 0.29) is 10.7 Å². The first-order chi connectivity index (χ1) is 4.61. The second-order valence-electron chi connectivity index (χ2n) is 2.03. The van der Waals surface area contributed by atoms with Crippen molar-refractivity contribution in [1.82, 2.24) is 4.57 Å². The van der Waals surface area contributed by atoms with Gasteiger partial charge in [-0.15, -0.1) is 0 Å². The zero-order valence-electron chi connectivity index (χ0n) is 5.75. The molecule has 0 fully saturated rings. The second-order valence-corrected chi connectivity index (χ2v) is 3.02. The molecule has 3 nitrogen and oxygen atoms in total. The predicted octanol–water partition coefficient (Wildman–Crippen LogP) is 0.649. The number of aryl methyl sites for hydroxylation is 1. The fraction of sp³-hybridized carbons (Fsp3) is 0.333. The number of Topliss-reactive ketones (excluding diaryl/α,β-unsaturated/α-hetero) is 1. The Labute approximate surface area is 61.9 Å². The van der Waals surface area contributed by atoms with Crippen LogP contribution in [0.1, 0.15) is 16.6 Å². The summed E-state index contributed by atoms with van der Waals surface area (Å²) in [6.45, 7) is 1.45. The van der Waals surface area contributed by atoms with Crippen LogP contribution in [-0.2, 0) is 7.05 Å². The maximum absolute atomic E-state index is 10.8. The molecule has 0 spiro atoms. The Balaban J connectivity index is 3.23. The highest BCUT2D eigenvalue weighted by Crippen LogP contribution is 2.02. The summed E-state index contributed by atoms with van der Waals surface area (Å²) >= 11 is 0.980. The minimum absolute atomic E-state index is 0.0531. The quantitative estimate of drug-likeness (QED) is 0.561. The van der Waals surface area contributed by atoms with Crippen LogP contribution < -0.4 is 4.87 Å². The van der Waals surface area contributed by atoms with Crippen molar-refractivity contribution < 1.29 is 4.79 Å². The van der Waals surface area contributed by atoms with Gasteiger partial charge < -0.3 is 4.57 Å². The molecule has 1 heterocycles. The number of aromatic nitrogens is 1. The molecule has 0 radical (unpaired) electrons. The van der Waals surface area contributed by atoms with E-state index in [0.29, 0.717) is 4.88 Å². The van der Waals surface area contributed by atoms with E-state index in [9.17, 15) is 9.59 Å². The van der Waals surface area contributed by atoms with Crippen LogP contribution in [-0.4, -0.2) is 10.4 Å². The Hall–Kier alpha value is -0.900. The SMILES string of the molecule is CC(=O)c1cn(C)c(=O)s1. The number of carbonyl (C=O) groups excluding carboxylic acids is 1. The molecule has 0 aliphatic carbocycles. The largest absolute Gasteiger partial charge is 0.308 e. The number of carbonyl (C=O) groups is 1. The van der Waals surface area contributed by atoms with Crippen molar-refractivity contribution in [1.29, 1.82) is 0 Å². The Morgan fingerprint density at radius 2 is 2.30 bits per heavy atom. The third-order valence-corrected chi connectivity index (χ3v) is 2.22. The van der Waals surface area contributed by atoms with Crippen molar-refractivity contribution >= 4 is 17.1 Å². The molecular formula is C6H7NO2S.